The van der Waals surface area contributed by atoms with Crippen molar-refractivity contribution < 1.29 is 4.74 Å². The quantitative estimate of drug-likeness (QED) is 0.573. The van der Waals surface area contributed by atoms with E-state index in [1.165, 1.54) is 10.6 Å². The number of rotatable bonds is 6. The minimum atomic E-state index is 0.672. The minimum absolute atomic E-state index is 0.672. The fourth-order valence-electron chi connectivity index (χ4n) is 2.24. The zero-order chi connectivity index (χ0) is 16.1. The second kappa shape index (κ2) is 7.44. The fraction of sp³-hybridized carbons (Fsp3) is 0.167. The highest BCUT2D eigenvalue weighted by Crippen LogP contribution is 2.25. The summed E-state index contributed by atoms with van der Waals surface area (Å²) in [5, 5.41) is 4.25. The number of nitrogens with zero attached hydrogens (tertiary/aromatic N) is 2. The van der Waals surface area contributed by atoms with E-state index in [0.717, 1.165) is 22.8 Å². The van der Waals surface area contributed by atoms with Crippen LogP contribution in [0.5, 0.6) is 5.75 Å². The van der Waals surface area contributed by atoms with Crippen LogP contribution in [0.2, 0.25) is 0 Å². The molecular formula is C18H18N2OS2. The maximum absolute atomic E-state index is 5.47. The normalized spacial score (nSPS) is 11.6. The molecule has 0 spiro atoms. The van der Waals surface area contributed by atoms with E-state index in [2.05, 4.69) is 34.0 Å². The first-order valence-corrected chi connectivity index (χ1v) is 9.18. The molecule has 0 radical (unpaired) electrons. The molecule has 3 rings (SSSR count). The van der Waals surface area contributed by atoms with Crippen LogP contribution in [-0.2, 0) is 6.54 Å². The Morgan fingerprint density at radius 3 is 2.70 bits per heavy atom. The fourth-order valence-corrected chi connectivity index (χ4v) is 4.00. The van der Waals surface area contributed by atoms with Gasteiger partial charge >= 0.3 is 0 Å². The largest absolute Gasteiger partial charge is 0.494 e. The maximum Gasteiger partial charge on any atom is 0.190 e. The molecule has 0 bridgehead atoms. The van der Waals surface area contributed by atoms with Crippen LogP contribution in [0, 0.1) is 0 Å². The lowest BCUT2D eigenvalue weighted by Crippen LogP contribution is -2.14. The molecule has 0 amide bonds. The highest BCUT2D eigenvalue weighted by Gasteiger charge is 2.07. The Bertz CT molecular complexity index is 827. The van der Waals surface area contributed by atoms with Gasteiger partial charge in [-0.05, 0) is 42.6 Å². The van der Waals surface area contributed by atoms with E-state index >= 15 is 0 Å². The third-order valence-corrected chi connectivity index (χ3v) is 5.01. The first kappa shape index (κ1) is 15.8. The molecule has 1 aromatic carbocycles. The van der Waals surface area contributed by atoms with Gasteiger partial charge in [-0.3, -0.25) is 0 Å². The molecule has 0 saturated carbocycles. The Morgan fingerprint density at radius 1 is 1.22 bits per heavy atom. The van der Waals surface area contributed by atoms with Crippen molar-refractivity contribution in [3.8, 4) is 16.3 Å². The molecule has 0 aliphatic heterocycles. The zero-order valence-electron chi connectivity index (χ0n) is 12.9. The first-order chi connectivity index (χ1) is 11.3. The van der Waals surface area contributed by atoms with Gasteiger partial charge in [-0.2, -0.15) is 0 Å². The standard InChI is InChI=1S/C18H18N2OS2/c1-3-11-20-16(17-6-5-12-22-17)13-23-18(20)19-14-7-9-15(10-8-14)21-4-2/h3,5-10,12-13H,1,4,11H2,2H3. The van der Waals surface area contributed by atoms with E-state index in [1.807, 2.05) is 37.3 Å². The lowest BCUT2D eigenvalue weighted by Gasteiger charge is -2.05. The van der Waals surface area contributed by atoms with Gasteiger partial charge in [0.15, 0.2) is 4.80 Å². The van der Waals surface area contributed by atoms with Crippen molar-refractivity contribution in [3.05, 3.63) is 64.6 Å². The van der Waals surface area contributed by atoms with Crippen LogP contribution in [0.1, 0.15) is 6.92 Å². The first-order valence-electron chi connectivity index (χ1n) is 7.42. The second-order valence-corrected chi connectivity index (χ2v) is 6.60. The van der Waals surface area contributed by atoms with Crippen LogP contribution in [0.15, 0.2) is 64.8 Å². The van der Waals surface area contributed by atoms with Gasteiger partial charge in [0.25, 0.3) is 0 Å². The molecule has 3 aromatic rings. The molecule has 0 aliphatic rings. The predicted molar refractivity (Wildman–Crippen MR) is 98.7 cm³/mol. The lowest BCUT2D eigenvalue weighted by molar-refractivity contribution is 0.340. The molecule has 118 valence electrons. The molecule has 0 unspecified atom stereocenters. The molecule has 0 fully saturated rings. The van der Waals surface area contributed by atoms with Crippen molar-refractivity contribution >= 4 is 28.4 Å². The molecule has 2 aromatic heterocycles. The average Bonchev–Trinajstić information content (AvgIpc) is 3.20. The number of ether oxygens (including phenoxy) is 1. The Morgan fingerprint density at radius 2 is 2.04 bits per heavy atom. The van der Waals surface area contributed by atoms with Gasteiger partial charge in [0, 0.05) is 11.9 Å². The van der Waals surface area contributed by atoms with Crippen LogP contribution in [0.25, 0.3) is 10.6 Å². The monoisotopic (exact) mass is 342 g/mol. The Hall–Kier alpha value is -2.11. The van der Waals surface area contributed by atoms with Crippen molar-refractivity contribution in [1.29, 1.82) is 0 Å². The summed E-state index contributed by atoms with van der Waals surface area (Å²) >= 11 is 3.38. The minimum Gasteiger partial charge on any atom is -0.494 e. The van der Waals surface area contributed by atoms with Gasteiger partial charge in [-0.15, -0.1) is 29.3 Å². The second-order valence-electron chi connectivity index (χ2n) is 4.82. The summed E-state index contributed by atoms with van der Waals surface area (Å²) in [4.78, 5) is 6.99. The van der Waals surface area contributed by atoms with Crippen molar-refractivity contribution in [2.24, 2.45) is 4.99 Å². The zero-order valence-corrected chi connectivity index (χ0v) is 14.6. The van der Waals surface area contributed by atoms with Gasteiger partial charge < -0.3 is 9.30 Å². The summed E-state index contributed by atoms with van der Waals surface area (Å²) in [5.41, 5.74) is 2.11. The van der Waals surface area contributed by atoms with Crippen molar-refractivity contribution in [2.45, 2.75) is 13.5 Å². The number of thiophene rings is 1. The Balaban J connectivity index is 2.00. The van der Waals surface area contributed by atoms with Gasteiger partial charge in [0.05, 0.1) is 22.9 Å². The summed E-state index contributed by atoms with van der Waals surface area (Å²) in [7, 11) is 0. The molecule has 0 N–H and O–H groups in total. The van der Waals surface area contributed by atoms with Gasteiger partial charge in [-0.25, -0.2) is 4.99 Å². The third kappa shape index (κ3) is 3.63. The van der Waals surface area contributed by atoms with E-state index < -0.39 is 0 Å². The molecule has 0 aliphatic carbocycles. The molecule has 23 heavy (non-hydrogen) atoms. The SMILES string of the molecule is C=CCn1c(-c2cccs2)csc1=Nc1ccc(OCC)cc1. The van der Waals surface area contributed by atoms with E-state index in [0.29, 0.717) is 6.61 Å². The van der Waals surface area contributed by atoms with Crippen LogP contribution >= 0.6 is 22.7 Å². The number of hydrogen-bond acceptors (Lipinski definition) is 4. The summed E-state index contributed by atoms with van der Waals surface area (Å²) in [6, 6.07) is 12.1. The van der Waals surface area contributed by atoms with Crippen LogP contribution in [-0.4, -0.2) is 11.2 Å². The van der Waals surface area contributed by atoms with E-state index in [-0.39, 0.29) is 0 Å². The molecule has 2 heterocycles. The number of benzene rings is 1. The predicted octanol–water partition coefficient (Wildman–Crippen LogP) is 5.10. The van der Waals surface area contributed by atoms with Gasteiger partial charge in [0.1, 0.15) is 5.75 Å². The van der Waals surface area contributed by atoms with E-state index in [9.17, 15) is 0 Å². The molecule has 0 atom stereocenters. The average molecular weight is 342 g/mol. The molecular weight excluding hydrogens is 324 g/mol. The highest BCUT2D eigenvalue weighted by molar-refractivity contribution is 7.14. The third-order valence-electron chi connectivity index (χ3n) is 3.26. The molecule has 5 heteroatoms. The highest BCUT2D eigenvalue weighted by atomic mass is 32.1. The van der Waals surface area contributed by atoms with E-state index in [1.54, 1.807) is 22.7 Å². The summed E-state index contributed by atoms with van der Waals surface area (Å²) in [6.45, 7) is 7.26. The van der Waals surface area contributed by atoms with E-state index in [4.69, 9.17) is 9.73 Å². The smallest absolute Gasteiger partial charge is 0.190 e. The lowest BCUT2D eigenvalue weighted by atomic mass is 10.3. The van der Waals surface area contributed by atoms with Crippen molar-refractivity contribution in [1.82, 2.24) is 4.57 Å². The van der Waals surface area contributed by atoms with Crippen LogP contribution in [0.4, 0.5) is 5.69 Å². The van der Waals surface area contributed by atoms with Crippen molar-refractivity contribution in [2.75, 3.05) is 6.61 Å². The van der Waals surface area contributed by atoms with Crippen LogP contribution < -0.4 is 9.54 Å². The maximum atomic E-state index is 5.47. The number of allylic oxidation sites excluding steroid dienone is 1. The number of aromatic nitrogens is 1. The summed E-state index contributed by atoms with van der Waals surface area (Å²) < 4.78 is 7.66. The van der Waals surface area contributed by atoms with Gasteiger partial charge in [0.2, 0.25) is 0 Å². The van der Waals surface area contributed by atoms with Gasteiger partial charge in [-0.1, -0.05) is 12.1 Å². The summed E-state index contributed by atoms with van der Waals surface area (Å²) in [5.74, 6) is 0.871. The molecule has 3 nitrogen and oxygen atoms in total. The summed E-state index contributed by atoms with van der Waals surface area (Å²) in [6.07, 6.45) is 1.90. The Kier molecular flexibility index (Phi) is 5.10. The Labute approximate surface area is 143 Å². The number of hydrogen-bond donors (Lipinski definition) is 0. The van der Waals surface area contributed by atoms with Crippen molar-refractivity contribution in [3.63, 3.8) is 0 Å². The topological polar surface area (TPSA) is 26.5 Å². The molecule has 0 saturated heterocycles. The number of thiazole rings is 1. The van der Waals surface area contributed by atoms with Crippen LogP contribution in [0.3, 0.4) is 0 Å².